The Hall–Kier alpha value is -1.78. The molecule has 1 unspecified atom stereocenters. The van der Waals surface area contributed by atoms with Gasteiger partial charge in [-0.1, -0.05) is 6.42 Å². The predicted octanol–water partition coefficient (Wildman–Crippen LogP) is 2.87. The molecular formula is C21H29N5O3S2. The van der Waals surface area contributed by atoms with Gasteiger partial charge in [-0.15, -0.1) is 21.5 Å². The first-order valence-corrected chi connectivity index (χ1v) is 13.7. The molecule has 1 atom stereocenters. The topological polar surface area (TPSA) is 88.4 Å². The standard InChI is InChI=1S/C21H29N5O3S2/c27-21(19-17(9-14-30-19)31(28,29)25-11-4-5-12-25)24-10-6-7-16(15-24)20-23-22-18-8-2-1-3-13-26(18)20/h9,14,16H,1-8,10-13,15H2. The fourth-order valence-corrected chi connectivity index (χ4v) is 7.93. The van der Waals surface area contributed by atoms with Crippen LogP contribution in [0.1, 0.15) is 72.2 Å². The molecule has 0 spiro atoms. The SMILES string of the molecule is O=C(c1sccc1S(=O)(=O)N1CCCC1)N1CCCC(c2nnc3n2CCCCC3)C1. The van der Waals surface area contributed by atoms with Crippen molar-refractivity contribution in [3.8, 4) is 0 Å². The van der Waals surface area contributed by atoms with E-state index in [2.05, 4.69) is 14.8 Å². The van der Waals surface area contributed by atoms with Gasteiger partial charge in [0.25, 0.3) is 5.91 Å². The van der Waals surface area contributed by atoms with Crippen molar-refractivity contribution >= 4 is 27.3 Å². The van der Waals surface area contributed by atoms with Crippen LogP contribution in [0.4, 0.5) is 0 Å². The van der Waals surface area contributed by atoms with E-state index < -0.39 is 10.0 Å². The van der Waals surface area contributed by atoms with E-state index in [-0.39, 0.29) is 16.7 Å². The van der Waals surface area contributed by atoms with Gasteiger partial charge >= 0.3 is 0 Å². The first-order chi connectivity index (χ1) is 15.1. The zero-order valence-electron chi connectivity index (χ0n) is 17.7. The number of aromatic nitrogens is 3. The molecule has 168 valence electrons. The van der Waals surface area contributed by atoms with E-state index in [0.29, 0.717) is 31.1 Å². The number of carbonyl (C=O) groups is 1. The molecule has 3 aliphatic rings. The highest BCUT2D eigenvalue weighted by Gasteiger charge is 2.35. The van der Waals surface area contributed by atoms with Gasteiger partial charge < -0.3 is 9.47 Å². The molecule has 5 heterocycles. The zero-order valence-corrected chi connectivity index (χ0v) is 19.3. The van der Waals surface area contributed by atoms with E-state index in [1.807, 2.05) is 4.90 Å². The summed E-state index contributed by atoms with van der Waals surface area (Å²) in [6.07, 6.45) is 8.09. The lowest BCUT2D eigenvalue weighted by Crippen LogP contribution is -2.40. The fraction of sp³-hybridized carbons (Fsp3) is 0.667. The molecule has 31 heavy (non-hydrogen) atoms. The summed E-state index contributed by atoms with van der Waals surface area (Å²) in [6.45, 7) is 3.24. The average molecular weight is 464 g/mol. The van der Waals surface area contributed by atoms with Crippen molar-refractivity contribution in [2.24, 2.45) is 0 Å². The van der Waals surface area contributed by atoms with Gasteiger partial charge in [-0.3, -0.25) is 4.79 Å². The first kappa shape index (κ1) is 21.1. The number of fused-ring (bicyclic) bond motifs is 1. The molecular weight excluding hydrogens is 434 g/mol. The molecule has 5 rings (SSSR count). The van der Waals surface area contributed by atoms with Crippen LogP contribution >= 0.6 is 11.3 Å². The van der Waals surface area contributed by atoms with Crippen molar-refractivity contribution in [1.82, 2.24) is 24.0 Å². The Balaban J connectivity index is 1.37. The Labute approximate surface area is 187 Å². The van der Waals surface area contributed by atoms with Gasteiger partial charge in [0.05, 0.1) is 0 Å². The highest BCUT2D eigenvalue weighted by atomic mass is 32.2. The van der Waals surface area contributed by atoms with Crippen LogP contribution in [0.3, 0.4) is 0 Å². The molecule has 0 saturated carbocycles. The van der Waals surface area contributed by atoms with Crippen LogP contribution < -0.4 is 0 Å². The smallest absolute Gasteiger partial charge is 0.265 e. The molecule has 2 aromatic heterocycles. The molecule has 0 aliphatic carbocycles. The van der Waals surface area contributed by atoms with Crippen LogP contribution in [-0.4, -0.2) is 64.5 Å². The van der Waals surface area contributed by atoms with Crippen LogP contribution in [0, 0.1) is 0 Å². The monoisotopic (exact) mass is 463 g/mol. The first-order valence-electron chi connectivity index (χ1n) is 11.3. The van der Waals surface area contributed by atoms with Crippen LogP contribution in [0.5, 0.6) is 0 Å². The summed E-state index contributed by atoms with van der Waals surface area (Å²) in [6, 6.07) is 1.59. The number of aryl methyl sites for hydroxylation is 1. The molecule has 0 N–H and O–H groups in total. The van der Waals surface area contributed by atoms with Gasteiger partial charge in [-0.05, 0) is 50.0 Å². The van der Waals surface area contributed by atoms with E-state index >= 15 is 0 Å². The predicted molar refractivity (Wildman–Crippen MR) is 118 cm³/mol. The maximum absolute atomic E-state index is 13.4. The molecule has 2 saturated heterocycles. The van der Waals surface area contributed by atoms with Crippen LogP contribution in [0.25, 0.3) is 0 Å². The van der Waals surface area contributed by atoms with Crippen LogP contribution in [0.15, 0.2) is 16.3 Å². The number of amides is 1. The Bertz CT molecular complexity index is 1060. The Morgan fingerprint density at radius 3 is 2.65 bits per heavy atom. The maximum Gasteiger partial charge on any atom is 0.265 e. The average Bonchev–Trinajstić information content (AvgIpc) is 3.53. The van der Waals surface area contributed by atoms with E-state index in [1.54, 1.807) is 11.4 Å². The van der Waals surface area contributed by atoms with Crippen LogP contribution in [0.2, 0.25) is 0 Å². The molecule has 2 fully saturated rings. The highest BCUT2D eigenvalue weighted by molar-refractivity contribution is 7.89. The second-order valence-electron chi connectivity index (χ2n) is 8.75. The van der Waals surface area contributed by atoms with E-state index in [4.69, 9.17) is 0 Å². The number of hydrogen-bond acceptors (Lipinski definition) is 6. The van der Waals surface area contributed by atoms with Crippen molar-refractivity contribution in [2.45, 2.75) is 68.7 Å². The van der Waals surface area contributed by atoms with E-state index in [0.717, 1.165) is 63.1 Å². The van der Waals surface area contributed by atoms with Crippen LogP contribution in [-0.2, 0) is 23.0 Å². The number of hydrogen-bond donors (Lipinski definition) is 0. The summed E-state index contributed by atoms with van der Waals surface area (Å²) < 4.78 is 30.0. The molecule has 0 radical (unpaired) electrons. The third-order valence-electron chi connectivity index (χ3n) is 6.72. The molecule has 8 nitrogen and oxygen atoms in total. The molecule has 10 heteroatoms. The maximum atomic E-state index is 13.4. The molecule has 0 bridgehead atoms. The molecule has 3 aliphatic heterocycles. The second kappa shape index (κ2) is 8.63. The summed E-state index contributed by atoms with van der Waals surface area (Å²) in [5.74, 6) is 2.03. The summed E-state index contributed by atoms with van der Waals surface area (Å²) in [5, 5.41) is 10.7. The van der Waals surface area contributed by atoms with Gasteiger partial charge in [-0.25, -0.2) is 8.42 Å². The van der Waals surface area contributed by atoms with Crippen molar-refractivity contribution in [3.05, 3.63) is 28.0 Å². The third kappa shape index (κ3) is 3.93. The van der Waals surface area contributed by atoms with E-state index in [1.165, 1.54) is 22.1 Å². The van der Waals surface area contributed by atoms with Crippen molar-refractivity contribution in [3.63, 3.8) is 0 Å². The van der Waals surface area contributed by atoms with Crippen molar-refractivity contribution in [2.75, 3.05) is 26.2 Å². The lowest BCUT2D eigenvalue weighted by molar-refractivity contribution is 0.0704. The lowest BCUT2D eigenvalue weighted by Gasteiger charge is -2.32. The summed E-state index contributed by atoms with van der Waals surface area (Å²) in [7, 11) is -3.61. The number of nitrogens with zero attached hydrogens (tertiary/aromatic N) is 5. The summed E-state index contributed by atoms with van der Waals surface area (Å²) in [5.41, 5.74) is 0. The number of thiophene rings is 1. The number of rotatable bonds is 4. The Morgan fingerprint density at radius 1 is 1.00 bits per heavy atom. The normalized spacial score (nSPS) is 23.0. The number of likely N-dealkylation sites (tertiary alicyclic amines) is 1. The Kier molecular flexibility index (Phi) is 5.87. The minimum atomic E-state index is -3.61. The Morgan fingerprint density at radius 2 is 1.81 bits per heavy atom. The quantitative estimate of drug-likeness (QED) is 0.696. The second-order valence-corrected chi connectivity index (χ2v) is 11.6. The van der Waals surface area contributed by atoms with E-state index in [9.17, 15) is 13.2 Å². The number of carbonyl (C=O) groups excluding carboxylic acids is 1. The van der Waals surface area contributed by atoms with Gasteiger partial charge in [0.2, 0.25) is 10.0 Å². The lowest BCUT2D eigenvalue weighted by atomic mass is 9.97. The van der Waals surface area contributed by atoms with Crippen molar-refractivity contribution < 1.29 is 13.2 Å². The zero-order chi connectivity index (χ0) is 21.4. The largest absolute Gasteiger partial charge is 0.337 e. The fourth-order valence-electron chi connectivity index (χ4n) is 5.05. The number of piperidine rings is 1. The third-order valence-corrected chi connectivity index (χ3v) is 9.69. The molecule has 2 aromatic rings. The summed E-state index contributed by atoms with van der Waals surface area (Å²) in [4.78, 5) is 15.7. The minimum absolute atomic E-state index is 0.149. The highest BCUT2D eigenvalue weighted by Crippen LogP contribution is 2.32. The minimum Gasteiger partial charge on any atom is -0.337 e. The molecule has 0 aromatic carbocycles. The van der Waals surface area contributed by atoms with Gasteiger partial charge in [-0.2, -0.15) is 4.31 Å². The van der Waals surface area contributed by atoms with Crippen molar-refractivity contribution in [1.29, 1.82) is 0 Å². The van der Waals surface area contributed by atoms with Gasteiger partial charge in [0.1, 0.15) is 21.4 Å². The summed E-state index contributed by atoms with van der Waals surface area (Å²) >= 11 is 1.23. The van der Waals surface area contributed by atoms with Gasteiger partial charge in [0.15, 0.2) is 0 Å². The molecule has 1 amide bonds. The van der Waals surface area contributed by atoms with Gasteiger partial charge in [0, 0.05) is 45.1 Å². The number of sulfonamides is 1.